The third kappa shape index (κ3) is 28.8. The zero-order chi connectivity index (χ0) is 25.0. The van der Waals surface area contributed by atoms with Crippen LogP contribution in [0.5, 0.6) is 0 Å². The second-order valence-corrected chi connectivity index (χ2v) is 13.2. The smallest absolute Gasteiger partial charge is 0.220 e. The van der Waals surface area contributed by atoms with E-state index in [2.05, 4.69) is 42.5 Å². The molecule has 0 aliphatic rings. The highest BCUT2D eigenvalue weighted by atomic mass is 79.9. The maximum atomic E-state index is 11.9. The summed E-state index contributed by atoms with van der Waals surface area (Å²) in [5.41, 5.74) is 0. The molecule has 0 radical (unpaired) electrons. The molecule has 0 bridgehead atoms. The molecule has 0 spiro atoms. The van der Waals surface area contributed by atoms with Crippen molar-refractivity contribution in [2.45, 2.75) is 116 Å². The molecule has 0 fully saturated rings. The Morgan fingerprint density at radius 1 is 0.471 bits per heavy atom. The van der Waals surface area contributed by atoms with Crippen LogP contribution in [0.3, 0.4) is 0 Å². The van der Waals surface area contributed by atoms with Crippen molar-refractivity contribution in [3.8, 4) is 0 Å². The Balaban J connectivity index is 3.25. The van der Waals surface area contributed by atoms with Crippen LogP contribution in [0.2, 0.25) is 0 Å². The zero-order valence-corrected chi connectivity index (χ0v) is 26.2. The third-order valence-electron chi connectivity index (χ3n) is 5.67. The van der Waals surface area contributed by atoms with Crippen molar-refractivity contribution in [3.05, 3.63) is 0 Å². The molecule has 202 valence electrons. The van der Waals surface area contributed by atoms with Gasteiger partial charge in [-0.3, -0.25) is 9.59 Å². The topological polar surface area (TPSA) is 58.2 Å². The molecule has 2 N–H and O–H groups in total. The predicted octanol–water partition coefficient (Wildman–Crippen LogP) is 8.41. The number of carbonyl (C=O) groups is 2. The quantitative estimate of drug-likeness (QED) is 0.0535. The summed E-state index contributed by atoms with van der Waals surface area (Å²) in [6, 6.07) is 0. The van der Waals surface area contributed by atoms with Gasteiger partial charge in [0.05, 0.1) is 0 Å². The molecule has 0 aromatic rings. The van der Waals surface area contributed by atoms with Gasteiger partial charge in [0, 0.05) is 48.1 Å². The van der Waals surface area contributed by atoms with Gasteiger partial charge < -0.3 is 10.6 Å². The van der Waals surface area contributed by atoms with Crippen LogP contribution in [0.4, 0.5) is 0 Å². The number of alkyl halides is 2. The molecule has 0 aliphatic heterocycles. The van der Waals surface area contributed by atoms with Gasteiger partial charge >= 0.3 is 0 Å². The van der Waals surface area contributed by atoms with E-state index in [4.69, 9.17) is 0 Å². The van der Waals surface area contributed by atoms with Gasteiger partial charge in [-0.15, -0.1) is 0 Å². The molecule has 0 heterocycles. The van der Waals surface area contributed by atoms with E-state index in [-0.39, 0.29) is 11.8 Å². The highest BCUT2D eigenvalue weighted by Crippen LogP contribution is 2.19. The van der Waals surface area contributed by atoms with Gasteiger partial charge in [-0.2, -0.15) is 0 Å². The van der Waals surface area contributed by atoms with Crippen molar-refractivity contribution in [1.29, 1.82) is 0 Å². The number of hydrogen-bond donors (Lipinski definition) is 2. The summed E-state index contributed by atoms with van der Waals surface area (Å²) in [7, 11) is 3.54. The average Bonchev–Trinajstić information content (AvgIpc) is 2.83. The first-order chi connectivity index (χ1) is 16.7. The number of rotatable bonds is 27. The first kappa shape index (κ1) is 34.6. The van der Waals surface area contributed by atoms with Gasteiger partial charge in [-0.25, -0.2) is 0 Å². The summed E-state index contributed by atoms with van der Waals surface area (Å²) < 4.78 is 0. The van der Waals surface area contributed by atoms with E-state index < -0.39 is 0 Å². The van der Waals surface area contributed by atoms with Crippen LogP contribution in [0.1, 0.15) is 116 Å². The van der Waals surface area contributed by atoms with Gasteiger partial charge in [-0.1, -0.05) is 130 Å². The number of nitrogens with one attached hydrogen (secondary N) is 2. The lowest BCUT2D eigenvalue weighted by Gasteiger charge is -2.06. The Bertz CT molecular complexity index is 421. The van der Waals surface area contributed by atoms with Gasteiger partial charge in [0.1, 0.15) is 0 Å². The van der Waals surface area contributed by atoms with E-state index in [0.717, 1.165) is 48.1 Å². The minimum absolute atomic E-state index is 0.185. The molecule has 0 unspecified atom stereocenters. The minimum Gasteiger partial charge on any atom is -0.355 e. The second-order valence-electron chi connectivity index (χ2n) is 8.88. The Hall–Kier alpha value is 0.600. The molecule has 4 nitrogen and oxygen atoms in total. The van der Waals surface area contributed by atoms with Crippen molar-refractivity contribution >= 4 is 65.3 Å². The highest BCUT2D eigenvalue weighted by molar-refractivity contribution is 9.09. The van der Waals surface area contributed by atoms with Crippen LogP contribution < -0.4 is 10.6 Å². The Morgan fingerprint density at radius 3 is 1.09 bits per heavy atom. The molecule has 0 saturated heterocycles. The van der Waals surface area contributed by atoms with Crippen molar-refractivity contribution in [2.24, 2.45) is 0 Å². The maximum Gasteiger partial charge on any atom is 0.220 e. The summed E-state index contributed by atoms with van der Waals surface area (Å²) in [4.78, 5) is 23.8. The van der Waals surface area contributed by atoms with Crippen LogP contribution >= 0.6 is 53.4 Å². The van der Waals surface area contributed by atoms with Crippen LogP contribution in [-0.2, 0) is 9.59 Å². The summed E-state index contributed by atoms with van der Waals surface area (Å²) in [5, 5.41) is 8.28. The van der Waals surface area contributed by atoms with Crippen LogP contribution in [0, 0.1) is 0 Å². The molecule has 8 heteroatoms. The molecule has 0 saturated carbocycles. The minimum atomic E-state index is 0.185. The molecular weight excluding hydrogens is 596 g/mol. The summed E-state index contributed by atoms with van der Waals surface area (Å²) in [5.74, 6) is 2.19. The predicted molar refractivity (Wildman–Crippen MR) is 162 cm³/mol. The Kier molecular flexibility index (Phi) is 30.4. The Morgan fingerprint density at radius 2 is 0.765 bits per heavy atom. The molecule has 0 aromatic carbocycles. The fraction of sp³-hybridized carbons (Fsp3) is 0.923. The molecule has 0 rings (SSSR count). The number of halogens is 2. The van der Waals surface area contributed by atoms with E-state index in [0.29, 0.717) is 12.8 Å². The molecule has 0 atom stereocenters. The van der Waals surface area contributed by atoms with Gasteiger partial charge in [0.2, 0.25) is 11.8 Å². The largest absolute Gasteiger partial charge is 0.355 e. The highest BCUT2D eigenvalue weighted by Gasteiger charge is 2.02. The SMILES string of the molecule is O=C(CCCCCCCCCCBr)NCCSSCCNC(=O)CCCCCCCCCCBr. The number of carbonyl (C=O) groups excluding carboxylic acids is 2. The average molecular weight is 647 g/mol. The van der Waals surface area contributed by atoms with Crippen molar-refractivity contribution in [3.63, 3.8) is 0 Å². The molecule has 0 aliphatic carbocycles. The van der Waals surface area contributed by atoms with E-state index in [1.54, 1.807) is 21.6 Å². The third-order valence-corrected chi connectivity index (χ3v) is 9.20. The first-order valence-corrected chi connectivity index (χ1v) is 18.3. The summed E-state index contributed by atoms with van der Waals surface area (Å²) in [6.45, 7) is 1.46. The standard InChI is InChI=1S/C26H50Br2N2O2S2/c27-19-15-11-7-3-1-5-9-13-17-25(31)29-21-23-33-34-24-22-30-26(32)18-14-10-6-2-4-8-12-16-20-28/h1-24H2,(H,29,31)(H,30,32). The molecule has 0 aromatic heterocycles. The molecule has 2 amide bonds. The first-order valence-electron chi connectivity index (χ1n) is 13.6. The zero-order valence-electron chi connectivity index (χ0n) is 21.4. The summed E-state index contributed by atoms with van der Waals surface area (Å²) >= 11 is 6.94. The fourth-order valence-corrected chi connectivity index (χ4v) is 6.25. The fourth-order valence-electron chi connectivity index (χ4n) is 3.64. The lowest BCUT2D eigenvalue weighted by molar-refractivity contribution is -0.121. The number of unbranched alkanes of at least 4 members (excludes halogenated alkanes) is 14. The normalized spacial score (nSPS) is 11.0. The van der Waals surface area contributed by atoms with Crippen molar-refractivity contribution in [2.75, 3.05) is 35.3 Å². The van der Waals surface area contributed by atoms with Crippen molar-refractivity contribution < 1.29 is 9.59 Å². The van der Waals surface area contributed by atoms with Crippen LogP contribution in [0.15, 0.2) is 0 Å². The monoisotopic (exact) mass is 644 g/mol. The van der Waals surface area contributed by atoms with E-state index >= 15 is 0 Å². The molecule has 34 heavy (non-hydrogen) atoms. The van der Waals surface area contributed by atoms with Crippen LogP contribution in [0.25, 0.3) is 0 Å². The van der Waals surface area contributed by atoms with Gasteiger partial charge in [0.15, 0.2) is 0 Å². The molecular formula is C26H50Br2N2O2S2. The van der Waals surface area contributed by atoms with Gasteiger partial charge in [0.25, 0.3) is 0 Å². The Labute approximate surface area is 235 Å². The number of hydrogen-bond acceptors (Lipinski definition) is 4. The van der Waals surface area contributed by atoms with E-state index in [1.165, 1.54) is 89.9 Å². The maximum absolute atomic E-state index is 11.9. The lowest BCUT2D eigenvalue weighted by Crippen LogP contribution is -2.26. The van der Waals surface area contributed by atoms with E-state index in [1.807, 2.05) is 0 Å². The van der Waals surface area contributed by atoms with Crippen LogP contribution in [-0.4, -0.2) is 47.1 Å². The van der Waals surface area contributed by atoms with Crippen molar-refractivity contribution in [1.82, 2.24) is 10.6 Å². The van der Waals surface area contributed by atoms with Gasteiger partial charge in [-0.05, 0) is 25.7 Å². The lowest BCUT2D eigenvalue weighted by atomic mass is 10.1. The summed E-state index contributed by atoms with van der Waals surface area (Å²) in [6.07, 6.45) is 21.3. The second kappa shape index (κ2) is 29.8. The van der Waals surface area contributed by atoms with E-state index in [9.17, 15) is 9.59 Å². The number of amides is 2.